The fraction of sp³-hybridized carbons (Fsp3) is 0.423. The highest BCUT2D eigenvalue weighted by atomic mass is 16.5. The van der Waals surface area contributed by atoms with Gasteiger partial charge in [0.15, 0.2) is 0 Å². The summed E-state index contributed by atoms with van der Waals surface area (Å²) < 4.78 is 11.3. The first-order chi connectivity index (χ1) is 15.3. The highest BCUT2D eigenvalue weighted by Gasteiger charge is 2.31. The lowest BCUT2D eigenvalue weighted by Crippen LogP contribution is -2.48. The topological polar surface area (TPSA) is 46.6 Å². The summed E-state index contributed by atoms with van der Waals surface area (Å²) in [4.78, 5) is 6.98. The van der Waals surface area contributed by atoms with Crippen molar-refractivity contribution in [1.82, 2.24) is 10.3 Å². The summed E-state index contributed by atoms with van der Waals surface area (Å²) in [7, 11) is 1.73. The van der Waals surface area contributed by atoms with Crippen LogP contribution in [0.1, 0.15) is 18.4 Å². The minimum absolute atomic E-state index is 0.417. The lowest BCUT2D eigenvalue weighted by atomic mass is 9.92. The van der Waals surface area contributed by atoms with Gasteiger partial charge in [-0.25, -0.2) is 0 Å². The first-order valence-corrected chi connectivity index (χ1v) is 11.4. The summed E-state index contributed by atoms with van der Waals surface area (Å²) in [5, 5.41) is 5.20. The van der Waals surface area contributed by atoms with Crippen molar-refractivity contribution in [2.45, 2.75) is 31.3 Å². The molecule has 1 aromatic heterocycles. The van der Waals surface area contributed by atoms with Gasteiger partial charge >= 0.3 is 0 Å². The highest BCUT2D eigenvalue weighted by molar-refractivity contribution is 5.81. The second-order valence-corrected chi connectivity index (χ2v) is 8.72. The number of hydrogen-bond donors (Lipinski definition) is 1. The molecule has 0 unspecified atom stereocenters. The molecule has 1 N–H and O–H groups in total. The van der Waals surface area contributed by atoms with Crippen LogP contribution < -0.4 is 15.0 Å². The SMILES string of the molecule is COc1cccc(N2CCC(N[C@H]3COC[C@H]3Cc3ccnc4ccccc34)CC2)c1. The lowest BCUT2D eigenvalue weighted by molar-refractivity contribution is 0.181. The van der Waals surface area contributed by atoms with E-state index in [0.29, 0.717) is 18.0 Å². The number of methoxy groups -OCH3 is 1. The number of anilines is 1. The number of rotatable bonds is 6. The molecule has 0 saturated carbocycles. The van der Waals surface area contributed by atoms with Gasteiger partial charge < -0.3 is 19.7 Å². The van der Waals surface area contributed by atoms with Crippen molar-refractivity contribution in [2.24, 2.45) is 5.92 Å². The number of pyridine rings is 1. The molecule has 2 aliphatic rings. The number of aromatic nitrogens is 1. The zero-order valence-corrected chi connectivity index (χ0v) is 18.2. The van der Waals surface area contributed by atoms with Crippen LogP contribution >= 0.6 is 0 Å². The van der Waals surface area contributed by atoms with E-state index in [2.05, 4.69) is 63.7 Å². The molecule has 0 aliphatic carbocycles. The summed E-state index contributed by atoms with van der Waals surface area (Å²) in [5.74, 6) is 1.43. The number of ether oxygens (including phenoxy) is 2. The molecular formula is C26H31N3O2. The van der Waals surface area contributed by atoms with Crippen LogP contribution in [0.15, 0.2) is 60.8 Å². The van der Waals surface area contributed by atoms with Crippen LogP contribution in [-0.4, -0.2) is 50.5 Å². The molecule has 2 aliphatic heterocycles. The molecule has 162 valence electrons. The monoisotopic (exact) mass is 417 g/mol. The van der Waals surface area contributed by atoms with Gasteiger partial charge in [0.25, 0.3) is 0 Å². The fourth-order valence-electron chi connectivity index (χ4n) is 5.01. The van der Waals surface area contributed by atoms with E-state index in [0.717, 1.165) is 56.8 Å². The van der Waals surface area contributed by atoms with E-state index in [1.54, 1.807) is 7.11 Å². The maximum absolute atomic E-state index is 5.91. The lowest BCUT2D eigenvalue weighted by Gasteiger charge is -2.36. The first kappa shape index (κ1) is 20.3. The molecule has 31 heavy (non-hydrogen) atoms. The summed E-state index contributed by atoms with van der Waals surface area (Å²) in [6.45, 7) is 3.77. The summed E-state index contributed by atoms with van der Waals surface area (Å²) >= 11 is 0. The third kappa shape index (κ3) is 4.53. The van der Waals surface area contributed by atoms with Crippen molar-refractivity contribution in [1.29, 1.82) is 0 Å². The standard InChI is InChI=1S/C26H31N3O2/c1-30-23-6-4-5-22(16-23)29-13-10-21(11-14-29)28-26-18-31-17-20(26)15-19-9-12-27-25-8-3-2-7-24(19)25/h2-9,12,16,20-21,26,28H,10-11,13-15,17-18H2,1H3/t20-,26+/m1/s1. The quantitative estimate of drug-likeness (QED) is 0.655. The molecule has 2 aromatic carbocycles. The number of piperidine rings is 1. The second kappa shape index (κ2) is 9.25. The van der Waals surface area contributed by atoms with E-state index in [4.69, 9.17) is 9.47 Å². The van der Waals surface area contributed by atoms with Gasteiger partial charge in [0.1, 0.15) is 5.75 Å². The molecule has 2 saturated heterocycles. The second-order valence-electron chi connectivity index (χ2n) is 8.72. The van der Waals surface area contributed by atoms with Gasteiger partial charge in [0, 0.05) is 54.4 Å². The molecule has 5 heteroatoms. The zero-order chi connectivity index (χ0) is 21.0. The van der Waals surface area contributed by atoms with Gasteiger partial charge in [0.2, 0.25) is 0 Å². The van der Waals surface area contributed by atoms with E-state index in [-0.39, 0.29) is 0 Å². The average Bonchev–Trinajstić information content (AvgIpc) is 3.26. The molecule has 5 nitrogen and oxygen atoms in total. The van der Waals surface area contributed by atoms with Gasteiger partial charge in [-0.05, 0) is 49.1 Å². The molecule has 2 fully saturated rings. The van der Waals surface area contributed by atoms with Crippen LogP contribution in [0, 0.1) is 5.92 Å². The predicted octanol–water partition coefficient (Wildman–Crippen LogP) is 4.06. The smallest absolute Gasteiger partial charge is 0.120 e. The maximum atomic E-state index is 5.91. The molecule has 3 heterocycles. The Hall–Kier alpha value is -2.63. The van der Waals surface area contributed by atoms with Crippen molar-refractivity contribution in [3.8, 4) is 5.75 Å². The Balaban J connectivity index is 1.19. The number of nitrogens with one attached hydrogen (secondary N) is 1. The number of para-hydroxylation sites is 1. The molecule has 3 aromatic rings. The minimum Gasteiger partial charge on any atom is -0.497 e. The van der Waals surface area contributed by atoms with Crippen molar-refractivity contribution < 1.29 is 9.47 Å². The first-order valence-electron chi connectivity index (χ1n) is 11.4. The average molecular weight is 418 g/mol. The largest absolute Gasteiger partial charge is 0.497 e. The number of hydrogen-bond acceptors (Lipinski definition) is 5. The molecule has 0 amide bonds. The highest BCUT2D eigenvalue weighted by Crippen LogP contribution is 2.27. The summed E-state index contributed by atoms with van der Waals surface area (Å²) in [5.41, 5.74) is 3.71. The molecule has 0 spiro atoms. The molecular weight excluding hydrogens is 386 g/mol. The van der Waals surface area contributed by atoms with Crippen LogP contribution in [0.5, 0.6) is 5.75 Å². The number of fused-ring (bicyclic) bond motifs is 1. The van der Waals surface area contributed by atoms with Crippen LogP contribution in [0.25, 0.3) is 10.9 Å². The van der Waals surface area contributed by atoms with Gasteiger partial charge in [-0.1, -0.05) is 24.3 Å². The van der Waals surface area contributed by atoms with Gasteiger partial charge in [-0.3, -0.25) is 4.98 Å². The van der Waals surface area contributed by atoms with Crippen LogP contribution in [0.3, 0.4) is 0 Å². The van der Waals surface area contributed by atoms with E-state index >= 15 is 0 Å². The van der Waals surface area contributed by atoms with Crippen molar-refractivity contribution >= 4 is 16.6 Å². The molecule has 0 bridgehead atoms. The fourth-order valence-corrected chi connectivity index (χ4v) is 5.01. The Morgan fingerprint density at radius 3 is 2.81 bits per heavy atom. The van der Waals surface area contributed by atoms with E-state index in [9.17, 15) is 0 Å². The van der Waals surface area contributed by atoms with Crippen LogP contribution in [0.4, 0.5) is 5.69 Å². The Labute approximate surface area is 184 Å². The van der Waals surface area contributed by atoms with E-state index in [1.165, 1.54) is 16.6 Å². The Bertz CT molecular complexity index is 1010. The molecule has 5 rings (SSSR count). The third-order valence-corrected chi connectivity index (χ3v) is 6.78. The minimum atomic E-state index is 0.417. The zero-order valence-electron chi connectivity index (χ0n) is 18.2. The Kier molecular flexibility index (Phi) is 6.05. The van der Waals surface area contributed by atoms with Crippen LogP contribution in [-0.2, 0) is 11.2 Å². The summed E-state index contributed by atoms with van der Waals surface area (Å²) in [6, 6.07) is 20.0. The van der Waals surface area contributed by atoms with Crippen LogP contribution in [0.2, 0.25) is 0 Å². The molecule has 0 radical (unpaired) electrons. The molecule has 2 atom stereocenters. The van der Waals surface area contributed by atoms with Gasteiger partial charge in [-0.2, -0.15) is 0 Å². The van der Waals surface area contributed by atoms with E-state index < -0.39 is 0 Å². The third-order valence-electron chi connectivity index (χ3n) is 6.78. The Morgan fingerprint density at radius 2 is 1.94 bits per heavy atom. The van der Waals surface area contributed by atoms with E-state index in [1.807, 2.05) is 12.3 Å². The number of nitrogens with zero attached hydrogens (tertiary/aromatic N) is 2. The predicted molar refractivity (Wildman–Crippen MR) is 125 cm³/mol. The summed E-state index contributed by atoms with van der Waals surface area (Å²) in [6.07, 6.45) is 5.27. The van der Waals surface area contributed by atoms with Crippen molar-refractivity contribution in [2.75, 3.05) is 38.3 Å². The van der Waals surface area contributed by atoms with Crippen molar-refractivity contribution in [3.05, 3.63) is 66.4 Å². The maximum Gasteiger partial charge on any atom is 0.120 e. The number of benzene rings is 2. The Morgan fingerprint density at radius 1 is 1.06 bits per heavy atom. The van der Waals surface area contributed by atoms with Gasteiger partial charge in [-0.15, -0.1) is 0 Å². The normalized spacial score (nSPS) is 22.2. The van der Waals surface area contributed by atoms with Gasteiger partial charge in [0.05, 0.1) is 25.8 Å². The van der Waals surface area contributed by atoms with Crippen molar-refractivity contribution in [3.63, 3.8) is 0 Å².